The van der Waals surface area contributed by atoms with Crippen LogP contribution in [0.2, 0.25) is 0 Å². The number of unbranched alkanes of at least 4 members (excludes halogenated alkanes) is 1. The highest BCUT2D eigenvalue weighted by Gasteiger charge is 2.23. The molecule has 0 spiro atoms. The van der Waals surface area contributed by atoms with Crippen molar-refractivity contribution in [2.24, 2.45) is 21.1 Å². The number of nitrogens with two attached hydrogens (primary N) is 1. The van der Waals surface area contributed by atoms with E-state index < -0.39 is 47.6 Å². The fourth-order valence-corrected chi connectivity index (χ4v) is 4.80. The van der Waals surface area contributed by atoms with Crippen molar-refractivity contribution in [2.45, 2.75) is 31.8 Å². The molecule has 1 atom stereocenters. The van der Waals surface area contributed by atoms with Gasteiger partial charge >= 0.3 is 0 Å². The summed E-state index contributed by atoms with van der Waals surface area (Å²) in [5, 5.41) is 17.1. The number of amides is 2. The molecule has 264 valence electrons. The van der Waals surface area contributed by atoms with Crippen LogP contribution in [0.4, 0.5) is 31.5 Å². The SMILES string of the molecule is CN(C)c1ccc(/N=N/c2ccc(C(=O)NCc3cc(F)c(OCC(=O)C(CCCCN)NC(=O)c4cccc(N=[N+]=[N-])c4)c(F)c3)cc2)cc1. The highest BCUT2D eigenvalue weighted by atomic mass is 19.1. The third-order valence-corrected chi connectivity index (χ3v) is 7.56. The van der Waals surface area contributed by atoms with Crippen LogP contribution >= 0.6 is 0 Å². The Bertz CT molecular complexity index is 1890. The second kappa shape index (κ2) is 18.5. The number of azide groups is 1. The molecule has 4 rings (SSSR count). The molecule has 4 aromatic rings. The first-order valence-corrected chi connectivity index (χ1v) is 15.9. The molecule has 2 amide bonds. The lowest BCUT2D eigenvalue weighted by Crippen LogP contribution is -2.43. The van der Waals surface area contributed by atoms with Crippen molar-refractivity contribution in [1.82, 2.24) is 10.6 Å². The van der Waals surface area contributed by atoms with Crippen LogP contribution in [0.15, 0.2) is 100 Å². The van der Waals surface area contributed by atoms with E-state index in [1.54, 1.807) is 24.3 Å². The zero-order valence-corrected chi connectivity index (χ0v) is 28.1. The highest BCUT2D eigenvalue weighted by molar-refractivity contribution is 5.98. The largest absolute Gasteiger partial charge is 0.480 e. The second-order valence-electron chi connectivity index (χ2n) is 11.5. The first-order valence-electron chi connectivity index (χ1n) is 15.9. The maximum atomic E-state index is 15.0. The number of Topliss-reactive ketones (excluding diaryl/α,β-unsaturated/α-hetero) is 1. The number of ether oxygens (including phenoxy) is 1. The number of azo groups is 1. The molecule has 0 saturated heterocycles. The minimum absolute atomic E-state index is 0.123. The van der Waals surface area contributed by atoms with Crippen LogP contribution in [-0.4, -0.2) is 50.9 Å². The van der Waals surface area contributed by atoms with Crippen molar-refractivity contribution >= 4 is 40.3 Å². The van der Waals surface area contributed by atoms with Gasteiger partial charge in [0.2, 0.25) is 0 Å². The molecule has 0 bridgehead atoms. The molecule has 0 aromatic heterocycles. The number of hydrogen-bond donors (Lipinski definition) is 3. The van der Waals surface area contributed by atoms with Gasteiger partial charge in [0.25, 0.3) is 11.8 Å². The van der Waals surface area contributed by atoms with E-state index in [9.17, 15) is 23.2 Å². The smallest absolute Gasteiger partial charge is 0.251 e. The molecule has 0 fully saturated rings. The average molecular weight is 698 g/mol. The van der Waals surface area contributed by atoms with Crippen LogP contribution in [0.25, 0.3) is 10.4 Å². The first-order chi connectivity index (χ1) is 24.6. The van der Waals surface area contributed by atoms with E-state index in [1.807, 2.05) is 43.3 Å². The maximum absolute atomic E-state index is 15.0. The molecule has 0 aliphatic heterocycles. The van der Waals surface area contributed by atoms with E-state index in [1.165, 1.54) is 24.3 Å². The summed E-state index contributed by atoms with van der Waals surface area (Å²) in [5.41, 5.74) is 17.3. The normalized spacial score (nSPS) is 11.4. The molecule has 0 radical (unpaired) electrons. The van der Waals surface area contributed by atoms with Crippen molar-refractivity contribution in [3.05, 3.63) is 124 Å². The number of benzene rings is 4. The number of ketones is 1. The topological polar surface area (TPSA) is 187 Å². The van der Waals surface area contributed by atoms with Crippen LogP contribution in [-0.2, 0) is 11.3 Å². The Morgan fingerprint density at radius 1 is 0.863 bits per heavy atom. The number of carbonyl (C=O) groups excluding carboxylic acids is 3. The summed E-state index contributed by atoms with van der Waals surface area (Å²) < 4.78 is 35.2. The Morgan fingerprint density at radius 2 is 1.51 bits per heavy atom. The van der Waals surface area contributed by atoms with Crippen LogP contribution in [0.5, 0.6) is 5.75 Å². The minimum atomic E-state index is -1.07. The molecule has 13 nitrogen and oxygen atoms in total. The summed E-state index contributed by atoms with van der Waals surface area (Å²) in [6, 6.07) is 20.7. The highest BCUT2D eigenvalue weighted by Crippen LogP contribution is 2.25. The van der Waals surface area contributed by atoms with Crippen LogP contribution in [0.1, 0.15) is 45.5 Å². The molecule has 15 heteroatoms. The quantitative estimate of drug-likeness (QED) is 0.0453. The van der Waals surface area contributed by atoms with Gasteiger partial charge in [-0.3, -0.25) is 14.4 Å². The molecule has 1 unspecified atom stereocenters. The Morgan fingerprint density at radius 3 is 2.12 bits per heavy atom. The number of halogens is 2. The van der Waals surface area contributed by atoms with Gasteiger partial charge in [-0.25, -0.2) is 8.78 Å². The van der Waals surface area contributed by atoms with Gasteiger partial charge in [0.15, 0.2) is 23.2 Å². The molecule has 51 heavy (non-hydrogen) atoms. The molecule has 0 saturated carbocycles. The fourth-order valence-electron chi connectivity index (χ4n) is 4.80. The van der Waals surface area contributed by atoms with Crippen molar-refractivity contribution in [1.29, 1.82) is 0 Å². The lowest BCUT2D eigenvalue weighted by atomic mass is 10.0. The maximum Gasteiger partial charge on any atom is 0.251 e. The summed E-state index contributed by atoms with van der Waals surface area (Å²) in [6.07, 6.45) is 1.29. The zero-order valence-electron chi connectivity index (χ0n) is 28.1. The Labute approximate surface area is 293 Å². The monoisotopic (exact) mass is 697 g/mol. The molecule has 0 aliphatic carbocycles. The zero-order chi connectivity index (χ0) is 36.8. The van der Waals surface area contributed by atoms with Crippen molar-refractivity contribution in [2.75, 3.05) is 32.1 Å². The fraction of sp³-hybridized carbons (Fsp3) is 0.250. The van der Waals surface area contributed by atoms with E-state index >= 15 is 0 Å². The summed E-state index contributed by atoms with van der Waals surface area (Å²) in [7, 11) is 3.88. The van der Waals surface area contributed by atoms with Crippen LogP contribution in [0, 0.1) is 11.6 Å². The molecule has 4 N–H and O–H groups in total. The number of nitrogens with one attached hydrogen (secondary N) is 2. The molecular formula is C36H37F2N9O4. The van der Waals surface area contributed by atoms with Gasteiger partial charge in [-0.15, -0.1) is 0 Å². The number of anilines is 1. The summed E-state index contributed by atoms with van der Waals surface area (Å²) in [5.74, 6) is -4.62. The number of carbonyl (C=O) groups is 3. The lowest BCUT2D eigenvalue weighted by Gasteiger charge is -2.18. The molecule has 0 aliphatic rings. The first kappa shape index (κ1) is 37.6. The summed E-state index contributed by atoms with van der Waals surface area (Å²) in [6.45, 7) is -0.545. The molecule has 4 aromatic carbocycles. The predicted molar refractivity (Wildman–Crippen MR) is 189 cm³/mol. The second-order valence-corrected chi connectivity index (χ2v) is 11.5. The minimum Gasteiger partial charge on any atom is -0.480 e. The van der Waals surface area contributed by atoms with Crippen molar-refractivity contribution in [3.8, 4) is 5.75 Å². The third kappa shape index (κ3) is 11.2. The van der Waals surface area contributed by atoms with E-state index in [2.05, 4.69) is 30.9 Å². The van der Waals surface area contributed by atoms with Gasteiger partial charge in [-0.1, -0.05) is 17.2 Å². The van der Waals surface area contributed by atoms with Crippen LogP contribution < -0.4 is 26.0 Å². The summed E-state index contributed by atoms with van der Waals surface area (Å²) >= 11 is 0. The average Bonchev–Trinajstić information content (AvgIpc) is 3.12. The van der Waals surface area contributed by atoms with E-state index in [-0.39, 0.29) is 29.8 Å². The predicted octanol–water partition coefficient (Wildman–Crippen LogP) is 7.19. The standard InChI is InChI=1S/C36H37F2N9O4/c1-47(2)29-15-13-27(14-16-29)44-43-26-11-9-24(10-12-26)35(49)41-21-23-18-30(37)34(31(38)19-23)51-22-33(48)32(8-3-4-17-39)42-36(50)25-6-5-7-28(20-25)45-46-40/h5-7,9-16,18-20,32H,3-4,8,17,21-22,39H2,1-2H3,(H,41,49)(H,42,50)/b44-43+. The summed E-state index contributed by atoms with van der Waals surface area (Å²) in [4.78, 5) is 43.3. The van der Waals surface area contributed by atoms with Gasteiger partial charge in [-0.05, 0) is 110 Å². The molecule has 0 heterocycles. The van der Waals surface area contributed by atoms with Gasteiger partial charge in [-0.2, -0.15) is 10.2 Å². The third-order valence-electron chi connectivity index (χ3n) is 7.56. The van der Waals surface area contributed by atoms with Crippen molar-refractivity contribution < 1.29 is 27.9 Å². The lowest BCUT2D eigenvalue weighted by molar-refractivity contribution is -0.123. The van der Waals surface area contributed by atoms with Crippen molar-refractivity contribution in [3.63, 3.8) is 0 Å². The van der Waals surface area contributed by atoms with E-state index in [0.717, 1.165) is 17.8 Å². The van der Waals surface area contributed by atoms with Gasteiger partial charge in [0.1, 0.15) is 6.61 Å². The Hall–Kier alpha value is -6.18. The van der Waals surface area contributed by atoms with E-state index in [4.69, 9.17) is 16.0 Å². The van der Waals surface area contributed by atoms with E-state index in [0.29, 0.717) is 36.3 Å². The van der Waals surface area contributed by atoms with Crippen LogP contribution in [0.3, 0.4) is 0 Å². The number of rotatable bonds is 17. The number of nitrogens with zero attached hydrogens (tertiary/aromatic N) is 6. The molecular weight excluding hydrogens is 660 g/mol. The number of hydrogen-bond acceptors (Lipinski definition) is 9. The van der Waals surface area contributed by atoms with Gasteiger partial charge < -0.3 is 26.0 Å². The van der Waals surface area contributed by atoms with Gasteiger partial charge in [0.05, 0.1) is 17.4 Å². The van der Waals surface area contributed by atoms with Gasteiger partial charge in [0, 0.05) is 48.1 Å². The Balaban J connectivity index is 1.32. The Kier molecular flexibility index (Phi) is 13.7.